The second-order valence-corrected chi connectivity index (χ2v) is 5.22. The molecule has 0 fully saturated rings. The van der Waals surface area contributed by atoms with E-state index in [0.29, 0.717) is 12.7 Å². The fraction of sp³-hybridized carbons (Fsp3) is 0.750. The van der Waals surface area contributed by atoms with Crippen LogP contribution in [0.4, 0.5) is 0 Å². The molecular formula is C12H24O3Si. The van der Waals surface area contributed by atoms with Crippen molar-refractivity contribution in [3.05, 3.63) is 12.7 Å². The summed E-state index contributed by atoms with van der Waals surface area (Å²) in [4.78, 5) is 10.7. The number of carbonyl (C=O) groups excluding carboxylic acids is 1. The third-order valence-corrected chi connectivity index (χ3v) is 3.86. The van der Waals surface area contributed by atoms with Crippen molar-refractivity contribution >= 4 is 15.7 Å². The van der Waals surface area contributed by atoms with Gasteiger partial charge in [0, 0.05) is 12.2 Å². The molecule has 0 bridgehead atoms. The zero-order valence-electron chi connectivity index (χ0n) is 10.5. The highest BCUT2D eigenvalue weighted by Crippen LogP contribution is 2.06. The molecule has 94 valence electrons. The van der Waals surface area contributed by atoms with Crippen molar-refractivity contribution in [2.24, 2.45) is 0 Å². The Morgan fingerprint density at radius 1 is 1.50 bits per heavy atom. The average Bonchev–Trinajstić information content (AvgIpc) is 2.31. The molecule has 0 heterocycles. The van der Waals surface area contributed by atoms with Crippen LogP contribution < -0.4 is 0 Å². The highest BCUT2D eigenvalue weighted by atomic mass is 28.2. The lowest BCUT2D eigenvalue weighted by Crippen LogP contribution is -2.14. The minimum Gasteiger partial charge on any atom is -0.463 e. The Morgan fingerprint density at radius 2 is 2.25 bits per heavy atom. The van der Waals surface area contributed by atoms with Crippen molar-refractivity contribution in [2.45, 2.75) is 51.7 Å². The van der Waals surface area contributed by atoms with Crippen molar-refractivity contribution in [1.29, 1.82) is 0 Å². The van der Waals surface area contributed by atoms with Crippen molar-refractivity contribution < 1.29 is 14.0 Å². The maximum absolute atomic E-state index is 10.7. The van der Waals surface area contributed by atoms with Crippen LogP contribution >= 0.6 is 0 Å². The van der Waals surface area contributed by atoms with Gasteiger partial charge in [0.15, 0.2) is 9.76 Å². The van der Waals surface area contributed by atoms with Gasteiger partial charge in [0.25, 0.3) is 0 Å². The molecule has 0 aromatic carbocycles. The standard InChI is InChI=1S/C12H24O3Si/c1-4-8-11(5-2)15-16-10-7-9-14-12(13)6-3/h6,11H,3-5,7-10,16H2,1-2H3. The Kier molecular flexibility index (Phi) is 10.5. The lowest BCUT2D eigenvalue weighted by Gasteiger charge is -2.15. The Hall–Kier alpha value is -0.613. The molecule has 3 nitrogen and oxygen atoms in total. The van der Waals surface area contributed by atoms with Gasteiger partial charge in [-0.1, -0.05) is 26.8 Å². The summed E-state index contributed by atoms with van der Waals surface area (Å²) in [7, 11) is -0.436. The van der Waals surface area contributed by atoms with E-state index >= 15 is 0 Å². The molecule has 0 saturated carbocycles. The van der Waals surface area contributed by atoms with E-state index < -0.39 is 9.76 Å². The third kappa shape index (κ3) is 8.68. The van der Waals surface area contributed by atoms with Gasteiger partial charge in [-0.05, 0) is 25.3 Å². The minimum absolute atomic E-state index is 0.333. The molecule has 0 aromatic rings. The van der Waals surface area contributed by atoms with Crippen LogP contribution in [-0.4, -0.2) is 28.4 Å². The third-order valence-electron chi connectivity index (χ3n) is 2.37. The summed E-state index contributed by atoms with van der Waals surface area (Å²) < 4.78 is 10.7. The normalized spacial score (nSPS) is 12.9. The molecule has 0 aliphatic rings. The van der Waals surface area contributed by atoms with Crippen LogP contribution in [0.2, 0.25) is 6.04 Å². The molecule has 0 saturated heterocycles. The van der Waals surface area contributed by atoms with E-state index in [2.05, 4.69) is 20.4 Å². The zero-order valence-corrected chi connectivity index (χ0v) is 12.0. The molecule has 1 unspecified atom stereocenters. The quantitative estimate of drug-likeness (QED) is 0.256. The number of carbonyl (C=O) groups is 1. The van der Waals surface area contributed by atoms with Crippen molar-refractivity contribution in [2.75, 3.05) is 6.61 Å². The lowest BCUT2D eigenvalue weighted by molar-refractivity contribution is -0.137. The predicted molar refractivity (Wildman–Crippen MR) is 69.2 cm³/mol. The van der Waals surface area contributed by atoms with E-state index in [-0.39, 0.29) is 5.97 Å². The van der Waals surface area contributed by atoms with Gasteiger partial charge in [0.2, 0.25) is 0 Å². The van der Waals surface area contributed by atoms with Gasteiger partial charge in [-0.2, -0.15) is 0 Å². The van der Waals surface area contributed by atoms with E-state index in [1.54, 1.807) is 0 Å². The first-order valence-corrected chi connectivity index (χ1v) is 7.73. The van der Waals surface area contributed by atoms with Crippen LogP contribution in [0.3, 0.4) is 0 Å². The molecule has 0 aromatic heterocycles. The zero-order chi connectivity index (χ0) is 12.2. The predicted octanol–water partition coefficient (Wildman–Crippen LogP) is 2.20. The summed E-state index contributed by atoms with van der Waals surface area (Å²) in [5, 5.41) is 0. The van der Waals surface area contributed by atoms with Crippen LogP contribution in [0.1, 0.15) is 39.5 Å². The Bertz CT molecular complexity index is 195. The molecule has 0 aliphatic carbocycles. The maximum atomic E-state index is 10.7. The molecule has 0 aliphatic heterocycles. The second kappa shape index (κ2) is 10.9. The summed E-state index contributed by atoms with van der Waals surface area (Å²) in [5.41, 5.74) is 0. The van der Waals surface area contributed by atoms with Gasteiger partial charge in [-0.15, -0.1) is 0 Å². The summed E-state index contributed by atoms with van der Waals surface area (Å²) in [6, 6.07) is 1.07. The highest BCUT2D eigenvalue weighted by Gasteiger charge is 2.04. The molecule has 16 heavy (non-hydrogen) atoms. The molecule has 0 N–H and O–H groups in total. The Morgan fingerprint density at radius 3 is 2.81 bits per heavy atom. The molecule has 0 spiro atoms. The smallest absolute Gasteiger partial charge is 0.330 e. The molecular weight excluding hydrogens is 220 g/mol. The van der Waals surface area contributed by atoms with Crippen molar-refractivity contribution in [3.63, 3.8) is 0 Å². The Balaban J connectivity index is 3.31. The average molecular weight is 244 g/mol. The van der Waals surface area contributed by atoms with Gasteiger partial charge in [0.1, 0.15) is 0 Å². The number of hydrogen-bond donors (Lipinski definition) is 0. The lowest BCUT2D eigenvalue weighted by atomic mass is 10.2. The number of hydrogen-bond acceptors (Lipinski definition) is 3. The monoisotopic (exact) mass is 244 g/mol. The SMILES string of the molecule is C=CC(=O)OCCC[SiH2]OC(CC)CCC. The van der Waals surface area contributed by atoms with Gasteiger partial charge < -0.3 is 9.16 Å². The highest BCUT2D eigenvalue weighted by molar-refractivity contribution is 6.27. The Labute approximate surface area is 101 Å². The topological polar surface area (TPSA) is 35.5 Å². The molecule has 0 radical (unpaired) electrons. The van der Waals surface area contributed by atoms with Crippen LogP contribution in [0.15, 0.2) is 12.7 Å². The van der Waals surface area contributed by atoms with Crippen LogP contribution in [0, 0.1) is 0 Å². The first-order chi connectivity index (χ1) is 7.74. The first-order valence-electron chi connectivity index (χ1n) is 6.15. The number of esters is 1. The number of rotatable bonds is 10. The van der Waals surface area contributed by atoms with Crippen molar-refractivity contribution in [3.8, 4) is 0 Å². The molecule has 1 atom stereocenters. The van der Waals surface area contributed by atoms with E-state index in [4.69, 9.17) is 9.16 Å². The van der Waals surface area contributed by atoms with Crippen LogP contribution in [0.5, 0.6) is 0 Å². The summed E-state index contributed by atoms with van der Waals surface area (Å²) in [6.07, 6.45) is 6.01. The van der Waals surface area contributed by atoms with Gasteiger partial charge >= 0.3 is 5.97 Å². The van der Waals surface area contributed by atoms with Gasteiger partial charge in [-0.25, -0.2) is 4.79 Å². The van der Waals surface area contributed by atoms with Crippen molar-refractivity contribution in [1.82, 2.24) is 0 Å². The van der Waals surface area contributed by atoms with Crippen LogP contribution in [-0.2, 0) is 14.0 Å². The van der Waals surface area contributed by atoms with Crippen LogP contribution in [0.25, 0.3) is 0 Å². The summed E-state index contributed by atoms with van der Waals surface area (Å²) in [5.74, 6) is -0.333. The van der Waals surface area contributed by atoms with E-state index in [1.165, 1.54) is 12.5 Å². The van der Waals surface area contributed by atoms with E-state index in [0.717, 1.165) is 25.3 Å². The van der Waals surface area contributed by atoms with Gasteiger partial charge in [-0.3, -0.25) is 0 Å². The largest absolute Gasteiger partial charge is 0.463 e. The minimum atomic E-state index is -0.436. The second-order valence-electron chi connectivity index (χ2n) is 3.77. The fourth-order valence-corrected chi connectivity index (χ4v) is 2.72. The number of ether oxygens (including phenoxy) is 1. The molecule has 0 amide bonds. The summed E-state index contributed by atoms with van der Waals surface area (Å²) >= 11 is 0. The maximum Gasteiger partial charge on any atom is 0.330 e. The van der Waals surface area contributed by atoms with Gasteiger partial charge in [0.05, 0.1) is 6.61 Å². The summed E-state index contributed by atoms with van der Waals surface area (Å²) in [6.45, 7) is 8.18. The molecule has 0 rings (SSSR count). The fourth-order valence-electron chi connectivity index (χ4n) is 1.41. The first kappa shape index (κ1) is 15.4. The molecule has 4 heteroatoms. The van der Waals surface area contributed by atoms with E-state index in [9.17, 15) is 4.79 Å². The van der Waals surface area contributed by atoms with E-state index in [1.807, 2.05) is 0 Å².